The normalized spacial score (nSPS) is 13.0. The molecule has 5 nitrogen and oxygen atoms in total. The molecule has 0 aliphatic carbocycles. The molecule has 0 bridgehead atoms. The van der Waals surface area contributed by atoms with Crippen molar-refractivity contribution in [3.05, 3.63) is 40.5 Å². The van der Waals surface area contributed by atoms with Crippen LogP contribution in [-0.2, 0) is 0 Å². The van der Waals surface area contributed by atoms with E-state index in [1.165, 1.54) is 0 Å². The molecule has 3 aromatic rings. The van der Waals surface area contributed by atoms with Gasteiger partial charge in [-0.1, -0.05) is 0 Å². The lowest BCUT2D eigenvalue weighted by Gasteiger charge is -2.02. The van der Waals surface area contributed by atoms with Crippen LogP contribution < -0.4 is 15.2 Å². The third kappa shape index (κ3) is 1.86. The fourth-order valence-corrected chi connectivity index (χ4v) is 2.75. The van der Waals surface area contributed by atoms with Crippen LogP contribution in [0.4, 0.5) is 5.82 Å². The van der Waals surface area contributed by atoms with E-state index < -0.39 is 0 Å². The van der Waals surface area contributed by atoms with Crippen molar-refractivity contribution in [2.75, 3.05) is 12.5 Å². The summed E-state index contributed by atoms with van der Waals surface area (Å²) < 4.78 is 13.6. The number of nitrogens with zero attached hydrogens (tertiary/aromatic N) is 2. The summed E-state index contributed by atoms with van der Waals surface area (Å²) >= 11 is 3.52. The van der Waals surface area contributed by atoms with Crippen molar-refractivity contribution >= 4 is 27.4 Å². The fraction of sp³-hybridized carbons (Fsp3) is 0.133. The van der Waals surface area contributed by atoms with E-state index in [2.05, 4.69) is 20.9 Å². The average molecular weight is 346 g/mol. The van der Waals surface area contributed by atoms with Gasteiger partial charge < -0.3 is 15.2 Å². The Morgan fingerprint density at radius 2 is 2.05 bits per heavy atom. The van der Waals surface area contributed by atoms with Gasteiger partial charge in [-0.25, -0.2) is 4.98 Å². The van der Waals surface area contributed by atoms with Gasteiger partial charge in [-0.05, 0) is 52.7 Å². The third-order valence-electron chi connectivity index (χ3n) is 3.59. The lowest BCUT2D eigenvalue weighted by atomic mass is 10.1. The molecule has 0 saturated heterocycles. The van der Waals surface area contributed by atoms with E-state index in [9.17, 15) is 0 Å². The first-order valence-corrected chi connectivity index (χ1v) is 7.26. The number of benzene rings is 1. The molecule has 1 aliphatic heterocycles. The van der Waals surface area contributed by atoms with Crippen LogP contribution in [0, 0.1) is 6.92 Å². The van der Waals surface area contributed by atoms with E-state index in [4.69, 9.17) is 15.2 Å². The SMILES string of the molecule is Cc1cc2nc(-c3ccc4c(c3)OCO4)c(N)n2cc1Br. The van der Waals surface area contributed by atoms with E-state index in [0.717, 1.165) is 38.4 Å². The van der Waals surface area contributed by atoms with Crippen LogP contribution >= 0.6 is 15.9 Å². The third-order valence-corrected chi connectivity index (χ3v) is 4.42. The van der Waals surface area contributed by atoms with Gasteiger partial charge in [-0.3, -0.25) is 4.40 Å². The molecule has 0 spiro atoms. The highest BCUT2D eigenvalue weighted by Crippen LogP contribution is 2.37. The standard InChI is InChI=1S/C15H12BrN3O2/c1-8-4-13-18-14(15(17)19(13)6-10(8)16)9-2-3-11-12(5-9)21-7-20-11/h2-6H,7,17H2,1H3. The van der Waals surface area contributed by atoms with Crippen LogP contribution in [0.3, 0.4) is 0 Å². The number of aryl methyl sites for hydroxylation is 1. The molecule has 6 heteroatoms. The molecule has 1 aromatic carbocycles. The first-order chi connectivity index (χ1) is 10.1. The Morgan fingerprint density at radius 1 is 1.24 bits per heavy atom. The minimum Gasteiger partial charge on any atom is -0.454 e. The van der Waals surface area contributed by atoms with Crippen molar-refractivity contribution in [2.45, 2.75) is 6.92 Å². The van der Waals surface area contributed by atoms with Crippen molar-refractivity contribution in [3.8, 4) is 22.8 Å². The van der Waals surface area contributed by atoms with Gasteiger partial charge in [-0.15, -0.1) is 0 Å². The van der Waals surface area contributed by atoms with Gasteiger partial charge in [-0.2, -0.15) is 0 Å². The van der Waals surface area contributed by atoms with Crippen molar-refractivity contribution in [2.24, 2.45) is 0 Å². The highest BCUT2D eigenvalue weighted by Gasteiger charge is 2.17. The second-order valence-corrected chi connectivity index (χ2v) is 5.80. The van der Waals surface area contributed by atoms with Crippen molar-refractivity contribution in [3.63, 3.8) is 0 Å². The van der Waals surface area contributed by atoms with Gasteiger partial charge in [0.25, 0.3) is 0 Å². The maximum atomic E-state index is 6.24. The summed E-state index contributed by atoms with van der Waals surface area (Å²) in [5, 5.41) is 0. The maximum absolute atomic E-state index is 6.24. The van der Waals surface area contributed by atoms with Crippen LogP contribution in [0.5, 0.6) is 11.5 Å². The molecule has 0 fully saturated rings. The quantitative estimate of drug-likeness (QED) is 0.734. The number of hydrogen-bond acceptors (Lipinski definition) is 4. The Balaban J connectivity index is 1.92. The monoisotopic (exact) mass is 345 g/mol. The van der Waals surface area contributed by atoms with Crippen LogP contribution in [0.1, 0.15) is 5.56 Å². The van der Waals surface area contributed by atoms with E-state index in [1.807, 2.05) is 41.8 Å². The number of nitrogen functional groups attached to an aromatic ring is 1. The predicted octanol–water partition coefficient (Wildman–Crippen LogP) is 3.38. The fourth-order valence-electron chi connectivity index (χ4n) is 2.43. The Hall–Kier alpha value is -2.21. The number of halogens is 1. The van der Waals surface area contributed by atoms with Crippen LogP contribution in [0.25, 0.3) is 16.9 Å². The lowest BCUT2D eigenvalue weighted by molar-refractivity contribution is 0.174. The summed E-state index contributed by atoms with van der Waals surface area (Å²) in [5.41, 5.74) is 9.83. The number of hydrogen-bond donors (Lipinski definition) is 1. The molecule has 21 heavy (non-hydrogen) atoms. The highest BCUT2D eigenvalue weighted by molar-refractivity contribution is 9.10. The number of pyridine rings is 1. The number of rotatable bonds is 1. The number of ether oxygens (including phenoxy) is 2. The van der Waals surface area contributed by atoms with Crippen LogP contribution in [0.2, 0.25) is 0 Å². The summed E-state index contributed by atoms with van der Waals surface area (Å²) in [6.45, 7) is 2.28. The van der Waals surface area contributed by atoms with Gasteiger partial charge in [0.05, 0.1) is 0 Å². The Labute approximate surface area is 129 Å². The van der Waals surface area contributed by atoms with Crippen molar-refractivity contribution in [1.29, 1.82) is 0 Å². The second kappa shape index (κ2) is 4.39. The zero-order valence-corrected chi connectivity index (χ0v) is 12.8. The minimum atomic E-state index is 0.256. The zero-order chi connectivity index (χ0) is 14.6. The Kier molecular flexibility index (Phi) is 2.62. The van der Waals surface area contributed by atoms with Gasteiger partial charge in [0.15, 0.2) is 11.5 Å². The van der Waals surface area contributed by atoms with Crippen LogP contribution in [0.15, 0.2) is 34.9 Å². The summed E-state index contributed by atoms with van der Waals surface area (Å²) in [6.07, 6.45) is 1.93. The largest absolute Gasteiger partial charge is 0.454 e. The van der Waals surface area contributed by atoms with Gasteiger partial charge >= 0.3 is 0 Å². The van der Waals surface area contributed by atoms with Crippen LogP contribution in [-0.4, -0.2) is 16.2 Å². The molecule has 4 rings (SSSR count). The number of nitrogens with two attached hydrogens (primary N) is 1. The van der Waals surface area contributed by atoms with E-state index in [-0.39, 0.29) is 6.79 Å². The van der Waals surface area contributed by atoms with Crippen molar-refractivity contribution < 1.29 is 9.47 Å². The second-order valence-electron chi connectivity index (χ2n) is 4.95. The smallest absolute Gasteiger partial charge is 0.231 e. The van der Waals surface area contributed by atoms with Gasteiger partial charge in [0.2, 0.25) is 6.79 Å². The molecule has 1 aliphatic rings. The molecule has 106 valence electrons. The molecular weight excluding hydrogens is 334 g/mol. The average Bonchev–Trinajstić information content (AvgIpc) is 3.05. The molecule has 3 heterocycles. The Morgan fingerprint density at radius 3 is 2.90 bits per heavy atom. The zero-order valence-electron chi connectivity index (χ0n) is 11.3. The predicted molar refractivity (Wildman–Crippen MR) is 83.6 cm³/mol. The minimum absolute atomic E-state index is 0.256. The lowest BCUT2D eigenvalue weighted by Crippen LogP contribution is -1.95. The van der Waals surface area contributed by atoms with E-state index >= 15 is 0 Å². The first kappa shape index (κ1) is 12.5. The van der Waals surface area contributed by atoms with Crippen molar-refractivity contribution in [1.82, 2.24) is 9.38 Å². The van der Waals surface area contributed by atoms with Gasteiger partial charge in [0.1, 0.15) is 17.2 Å². The maximum Gasteiger partial charge on any atom is 0.231 e. The molecule has 2 aromatic heterocycles. The summed E-state index contributed by atoms with van der Waals surface area (Å²) in [6, 6.07) is 7.72. The highest BCUT2D eigenvalue weighted by atomic mass is 79.9. The molecule has 0 saturated carbocycles. The number of fused-ring (bicyclic) bond motifs is 2. The number of imidazole rings is 1. The first-order valence-electron chi connectivity index (χ1n) is 6.47. The molecule has 2 N–H and O–H groups in total. The topological polar surface area (TPSA) is 61.8 Å². The summed E-state index contributed by atoms with van der Waals surface area (Å²) in [5.74, 6) is 2.07. The Bertz CT molecular complexity index is 873. The van der Waals surface area contributed by atoms with E-state index in [1.54, 1.807) is 0 Å². The molecular formula is C15H12BrN3O2. The summed E-state index contributed by atoms with van der Waals surface area (Å²) in [7, 11) is 0. The molecule has 0 unspecified atom stereocenters. The van der Waals surface area contributed by atoms with Gasteiger partial charge in [0, 0.05) is 16.2 Å². The molecule has 0 radical (unpaired) electrons. The number of aromatic nitrogens is 2. The molecule has 0 atom stereocenters. The summed E-state index contributed by atoms with van der Waals surface area (Å²) in [4.78, 5) is 4.63. The van der Waals surface area contributed by atoms with E-state index in [0.29, 0.717) is 5.82 Å². The number of anilines is 1. The molecule has 0 amide bonds.